The van der Waals surface area contributed by atoms with Crippen molar-refractivity contribution in [3.63, 3.8) is 0 Å². The van der Waals surface area contributed by atoms with Gasteiger partial charge in [0.1, 0.15) is 17.9 Å². The molecule has 0 aliphatic carbocycles. The van der Waals surface area contributed by atoms with Gasteiger partial charge in [-0.25, -0.2) is 9.78 Å². The Morgan fingerprint density at radius 1 is 1.06 bits per heavy atom. The highest BCUT2D eigenvalue weighted by atomic mass is 35.5. The largest absolute Gasteiger partial charge is 0.489 e. The zero-order chi connectivity index (χ0) is 22.5. The highest BCUT2D eigenvalue weighted by molar-refractivity contribution is 6.32. The molecule has 1 unspecified atom stereocenters. The molecule has 2 heterocycles. The van der Waals surface area contributed by atoms with Gasteiger partial charge in [-0.15, -0.1) is 0 Å². The van der Waals surface area contributed by atoms with Crippen LogP contribution in [0, 0.1) is 0 Å². The third-order valence-electron chi connectivity index (χ3n) is 4.68. The number of fused-ring (bicyclic) bond motifs is 1. The molecule has 1 atom stereocenters. The van der Waals surface area contributed by atoms with Gasteiger partial charge in [0, 0.05) is 11.6 Å². The van der Waals surface area contributed by atoms with E-state index in [9.17, 15) is 9.59 Å². The first kappa shape index (κ1) is 21.4. The molecule has 4 aromatic rings. The van der Waals surface area contributed by atoms with Crippen molar-refractivity contribution >= 4 is 40.1 Å². The first-order chi connectivity index (χ1) is 15.5. The zero-order valence-electron chi connectivity index (χ0n) is 17.1. The van der Waals surface area contributed by atoms with Gasteiger partial charge in [0.05, 0.1) is 11.3 Å². The van der Waals surface area contributed by atoms with Crippen molar-refractivity contribution < 1.29 is 23.5 Å². The Kier molecular flexibility index (Phi) is 6.37. The van der Waals surface area contributed by atoms with Crippen LogP contribution in [0.2, 0.25) is 5.15 Å². The van der Waals surface area contributed by atoms with E-state index < -0.39 is 18.0 Å². The van der Waals surface area contributed by atoms with Gasteiger partial charge >= 0.3 is 5.97 Å². The third-order valence-corrected chi connectivity index (χ3v) is 4.98. The smallest absolute Gasteiger partial charge is 0.375 e. The van der Waals surface area contributed by atoms with Crippen LogP contribution in [0.3, 0.4) is 0 Å². The summed E-state index contributed by atoms with van der Waals surface area (Å²) in [6, 6.07) is 19.7. The van der Waals surface area contributed by atoms with Crippen molar-refractivity contribution in [2.75, 3.05) is 5.32 Å². The minimum absolute atomic E-state index is 0.0128. The Morgan fingerprint density at radius 2 is 1.81 bits per heavy atom. The lowest BCUT2D eigenvalue weighted by molar-refractivity contribution is -0.123. The van der Waals surface area contributed by atoms with Crippen LogP contribution in [0.4, 0.5) is 5.69 Å². The number of esters is 1. The summed E-state index contributed by atoms with van der Waals surface area (Å²) < 4.78 is 16.9. The number of ether oxygens (including phenoxy) is 2. The molecule has 0 aliphatic heterocycles. The molecule has 0 aliphatic rings. The highest BCUT2D eigenvalue weighted by Gasteiger charge is 2.26. The lowest BCUT2D eigenvalue weighted by Gasteiger charge is -2.14. The predicted molar refractivity (Wildman–Crippen MR) is 120 cm³/mol. The summed E-state index contributed by atoms with van der Waals surface area (Å²) in [6.07, 6.45) is 0.400. The Hall–Kier alpha value is -3.84. The number of rotatable bonds is 7. The number of nitrogens with zero attached hydrogens (tertiary/aromatic N) is 1. The van der Waals surface area contributed by atoms with Gasteiger partial charge < -0.3 is 19.2 Å². The van der Waals surface area contributed by atoms with E-state index >= 15 is 0 Å². The average molecular weight is 451 g/mol. The molecule has 0 radical (unpaired) electrons. The fourth-order valence-corrected chi connectivity index (χ4v) is 3.23. The van der Waals surface area contributed by atoms with E-state index in [4.69, 9.17) is 25.5 Å². The SMILES string of the molecule is CC(OC(=O)c1oc2ccccc2c1COc1ccccc1)C(=O)Nc1cccnc1Cl. The predicted octanol–water partition coefficient (Wildman–Crippen LogP) is 5.24. The molecule has 162 valence electrons. The zero-order valence-corrected chi connectivity index (χ0v) is 17.8. The van der Waals surface area contributed by atoms with Gasteiger partial charge in [0.15, 0.2) is 11.3 Å². The van der Waals surface area contributed by atoms with E-state index in [0.717, 1.165) is 5.39 Å². The monoisotopic (exact) mass is 450 g/mol. The molecular weight excluding hydrogens is 432 g/mol. The molecule has 0 spiro atoms. The molecule has 0 saturated carbocycles. The first-order valence-electron chi connectivity index (χ1n) is 9.83. The fraction of sp³-hybridized carbons (Fsp3) is 0.125. The second kappa shape index (κ2) is 9.53. The molecule has 0 fully saturated rings. The fourth-order valence-electron chi connectivity index (χ4n) is 3.06. The lowest BCUT2D eigenvalue weighted by atomic mass is 10.1. The quantitative estimate of drug-likeness (QED) is 0.305. The van der Waals surface area contributed by atoms with E-state index in [0.29, 0.717) is 22.6 Å². The van der Waals surface area contributed by atoms with Gasteiger partial charge in [0.2, 0.25) is 5.76 Å². The van der Waals surface area contributed by atoms with E-state index in [1.807, 2.05) is 42.5 Å². The normalized spacial score (nSPS) is 11.7. The topological polar surface area (TPSA) is 90.7 Å². The number of hydrogen-bond acceptors (Lipinski definition) is 6. The number of hydrogen-bond donors (Lipinski definition) is 1. The van der Waals surface area contributed by atoms with Gasteiger partial charge in [-0.1, -0.05) is 48.0 Å². The van der Waals surface area contributed by atoms with Crippen LogP contribution in [-0.2, 0) is 16.1 Å². The third kappa shape index (κ3) is 4.73. The summed E-state index contributed by atoms with van der Waals surface area (Å²) in [5.41, 5.74) is 1.38. The van der Waals surface area contributed by atoms with E-state index in [-0.39, 0.29) is 17.5 Å². The highest BCUT2D eigenvalue weighted by Crippen LogP contribution is 2.28. The van der Waals surface area contributed by atoms with Crippen LogP contribution in [-0.4, -0.2) is 23.0 Å². The van der Waals surface area contributed by atoms with E-state index in [1.165, 1.54) is 13.1 Å². The number of aromatic nitrogens is 1. The molecule has 2 aromatic carbocycles. The van der Waals surface area contributed by atoms with Gasteiger partial charge in [0.25, 0.3) is 5.91 Å². The Morgan fingerprint density at radius 3 is 2.59 bits per heavy atom. The second-order valence-corrected chi connectivity index (χ2v) is 7.24. The molecule has 0 saturated heterocycles. The van der Waals surface area contributed by atoms with Crippen molar-refractivity contribution in [3.8, 4) is 5.75 Å². The van der Waals surface area contributed by atoms with Crippen LogP contribution < -0.4 is 10.1 Å². The van der Waals surface area contributed by atoms with E-state index in [2.05, 4.69) is 10.3 Å². The number of carbonyl (C=O) groups is 2. The summed E-state index contributed by atoms with van der Waals surface area (Å²) >= 11 is 5.96. The summed E-state index contributed by atoms with van der Waals surface area (Å²) in [6.45, 7) is 1.55. The van der Waals surface area contributed by atoms with Crippen LogP contribution >= 0.6 is 11.6 Å². The molecule has 7 nitrogen and oxygen atoms in total. The van der Waals surface area contributed by atoms with Crippen molar-refractivity contribution in [1.82, 2.24) is 4.98 Å². The molecule has 2 aromatic heterocycles. The Balaban J connectivity index is 1.52. The van der Waals surface area contributed by atoms with Gasteiger partial charge in [-0.05, 0) is 37.3 Å². The van der Waals surface area contributed by atoms with E-state index in [1.54, 1.807) is 24.3 Å². The summed E-state index contributed by atoms with van der Waals surface area (Å²) in [4.78, 5) is 29.3. The first-order valence-corrected chi connectivity index (χ1v) is 10.2. The number of carbonyl (C=O) groups excluding carboxylic acids is 2. The maximum atomic E-state index is 12.9. The number of furan rings is 1. The molecule has 0 bridgehead atoms. The number of anilines is 1. The number of amides is 1. The summed E-state index contributed by atoms with van der Waals surface area (Å²) in [5.74, 6) is -0.682. The number of pyridine rings is 1. The van der Waals surface area contributed by atoms with Gasteiger partial charge in [-0.2, -0.15) is 0 Å². The maximum Gasteiger partial charge on any atom is 0.375 e. The molecule has 4 rings (SSSR count). The molecule has 1 amide bonds. The molecular formula is C24H19ClN2O5. The van der Waals surface area contributed by atoms with Crippen molar-refractivity contribution in [3.05, 3.63) is 89.4 Å². The number of para-hydroxylation sites is 2. The number of halogens is 1. The summed E-state index contributed by atoms with van der Waals surface area (Å²) in [7, 11) is 0. The Bertz CT molecular complexity index is 1260. The molecule has 8 heteroatoms. The van der Waals surface area contributed by atoms with Crippen molar-refractivity contribution in [2.24, 2.45) is 0 Å². The Labute approximate surface area is 188 Å². The molecule has 32 heavy (non-hydrogen) atoms. The second-order valence-electron chi connectivity index (χ2n) is 6.89. The molecule has 1 N–H and O–H groups in total. The minimum Gasteiger partial charge on any atom is -0.489 e. The van der Waals surface area contributed by atoms with Crippen LogP contribution in [0.5, 0.6) is 5.75 Å². The van der Waals surface area contributed by atoms with Gasteiger partial charge in [-0.3, -0.25) is 4.79 Å². The maximum absolute atomic E-state index is 12.9. The minimum atomic E-state index is -1.10. The van der Waals surface area contributed by atoms with Crippen LogP contribution in [0.1, 0.15) is 23.0 Å². The number of nitrogens with one attached hydrogen (secondary N) is 1. The van der Waals surface area contributed by atoms with Crippen molar-refractivity contribution in [1.29, 1.82) is 0 Å². The van der Waals surface area contributed by atoms with Crippen LogP contribution in [0.15, 0.2) is 77.3 Å². The van der Waals surface area contributed by atoms with Crippen molar-refractivity contribution in [2.45, 2.75) is 19.6 Å². The average Bonchev–Trinajstić information content (AvgIpc) is 3.18. The standard InChI is InChI=1S/C24H19ClN2O5/c1-15(23(28)27-19-11-7-13-26-22(19)25)31-24(29)21-18(14-30-16-8-3-2-4-9-16)17-10-5-6-12-20(17)32-21/h2-13,15H,14H2,1H3,(H,27,28). The number of benzene rings is 2. The lowest BCUT2D eigenvalue weighted by Crippen LogP contribution is -2.30. The van der Waals surface area contributed by atoms with Crippen LogP contribution in [0.25, 0.3) is 11.0 Å². The summed E-state index contributed by atoms with van der Waals surface area (Å²) in [5, 5.41) is 3.46.